The summed E-state index contributed by atoms with van der Waals surface area (Å²) in [4.78, 5) is 20.8. The highest BCUT2D eigenvalue weighted by atomic mass is 32.2. The lowest BCUT2D eigenvalue weighted by atomic mass is 9.98. The van der Waals surface area contributed by atoms with Crippen LogP contribution in [0, 0.1) is 5.82 Å². The maximum absolute atomic E-state index is 13.2. The fraction of sp³-hybridized carbons (Fsp3) is 0.368. The SMILES string of the molecule is O=C(CSc1ncnc2c(-c3ccc(F)cc3)nsc12)OC1CCCCC1. The van der Waals surface area contributed by atoms with Crippen molar-refractivity contribution in [2.75, 3.05) is 5.75 Å². The minimum atomic E-state index is -0.291. The van der Waals surface area contributed by atoms with E-state index in [1.54, 1.807) is 12.1 Å². The van der Waals surface area contributed by atoms with Crippen LogP contribution in [0.25, 0.3) is 21.5 Å². The predicted octanol–water partition coefficient (Wildman–Crippen LogP) is 4.86. The van der Waals surface area contributed by atoms with Crippen molar-refractivity contribution in [1.82, 2.24) is 14.3 Å². The smallest absolute Gasteiger partial charge is 0.316 e. The first-order chi connectivity index (χ1) is 13.2. The van der Waals surface area contributed by atoms with Gasteiger partial charge in [-0.25, -0.2) is 14.4 Å². The first-order valence-corrected chi connectivity index (χ1v) is 10.7. The Morgan fingerprint density at radius 1 is 1.19 bits per heavy atom. The van der Waals surface area contributed by atoms with Gasteiger partial charge < -0.3 is 4.74 Å². The van der Waals surface area contributed by atoms with Crippen LogP contribution in [-0.2, 0) is 9.53 Å². The summed E-state index contributed by atoms with van der Waals surface area (Å²) in [5.74, 6) is -0.283. The second-order valence-corrected chi connectivity index (χ2v) is 8.17. The average molecular weight is 404 g/mol. The summed E-state index contributed by atoms with van der Waals surface area (Å²) in [6.07, 6.45) is 6.94. The zero-order valence-corrected chi connectivity index (χ0v) is 16.2. The van der Waals surface area contributed by atoms with Crippen LogP contribution in [0.5, 0.6) is 0 Å². The van der Waals surface area contributed by atoms with Crippen molar-refractivity contribution in [2.24, 2.45) is 0 Å². The average Bonchev–Trinajstić information content (AvgIpc) is 3.12. The summed E-state index contributed by atoms with van der Waals surface area (Å²) in [6.45, 7) is 0. The van der Waals surface area contributed by atoms with E-state index in [1.165, 1.54) is 48.2 Å². The maximum Gasteiger partial charge on any atom is 0.316 e. The molecule has 140 valence electrons. The van der Waals surface area contributed by atoms with Gasteiger partial charge in [0.2, 0.25) is 0 Å². The molecule has 0 amide bonds. The molecule has 0 aliphatic heterocycles. The Bertz CT molecular complexity index is 940. The van der Waals surface area contributed by atoms with Crippen molar-refractivity contribution in [2.45, 2.75) is 43.2 Å². The van der Waals surface area contributed by atoms with Crippen molar-refractivity contribution in [3.8, 4) is 11.3 Å². The molecule has 4 rings (SSSR count). The van der Waals surface area contributed by atoms with E-state index in [0.29, 0.717) is 16.2 Å². The van der Waals surface area contributed by atoms with Crippen LogP contribution in [0.2, 0.25) is 0 Å². The van der Waals surface area contributed by atoms with Crippen LogP contribution in [0.3, 0.4) is 0 Å². The summed E-state index contributed by atoms with van der Waals surface area (Å²) in [5, 5.41) is 0.714. The number of esters is 1. The zero-order chi connectivity index (χ0) is 18.6. The van der Waals surface area contributed by atoms with Gasteiger partial charge in [0.15, 0.2) is 0 Å². The van der Waals surface area contributed by atoms with Gasteiger partial charge in [-0.3, -0.25) is 4.79 Å². The number of carbonyl (C=O) groups is 1. The molecule has 0 unspecified atom stereocenters. The molecule has 0 saturated heterocycles. The van der Waals surface area contributed by atoms with Crippen molar-refractivity contribution >= 4 is 39.5 Å². The number of ether oxygens (including phenoxy) is 1. The zero-order valence-electron chi connectivity index (χ0n) is 14.6. The van der Waals surface area contributed by atoms with E-state index in [9.17, 15) is 9.18 Å². The predicted molar refractivity (Wildman–Crippen MR) is 104 cm³/mol. The third kappa shape index (κ3) is 4.27. The normalized spacial score (nSPS) is 15.1. The molecule has 8 heteroatoms. The van der Waals surface area contributed by atoms with Crippen LogP contribution < -0.4 is 0 Å². The Balaban J connectivity index is 1.48. The van der Waals surface area contributed by atoms with Gasteiger partial charge in [-0.15, -0.1) is 0 Å². The van der Waals surface area contributed by atoms with Gasteiger partial charge in [0, 0.05) is 5.56 Å². The van der Waals surface area contributed by atoms with Crippen LogP contribution in [-0.4, -0.2) is 32.2 Å². The monoisotopic (exact) mass is 403 g/mol. The van der Waals surface area contributed by atoms with E-state index in [4.69, 9.17) is 4.74 Å². The van der Waals surface area contributed by atoms with Gasteiger partial charge in [-0.1, -0.05) is 18.2 Å². The quantitative estimate of drug-likeness (QED) is 0.344. The number of benzene rings is 1. The number of hydrogen-bond donors (Lipinski definition) is 0. The molecule has 0 atom stereocenters. The Morgan fingerprint density at radius 2 is 1.96 bits per heavy atom. The number of thioether (sulfide) groups is 1. The lowest BCUT2D eigenvalue weighted by Gasteiger charge is -2.21. The lowest BCUT2D eigenvalue weighted by Crippen LogP contribution is -2.21. The van der Waals surface area contributed by atoms with E-state index in [0.717, 1.165) is 35.9 Å². The highest BCUT2D eigenvalue weighted by molar-refractivity contribution is 8.00. The van der Waals surface area contributed by atoms with Crippen molar-refractivity contribution in [3.05, 3.63) is 36.4 Å². The molecule has 0 radical (unpaired) electrons. The Labute approximate surface area is 164 Å². The van der Waals surface area contributed by atoms with Gasteiger partial charge in [-0.05, 0) is 61.5 Å². The fourth-order valence-corrected chi connectivity index (χ4v) is 4.87. The molecule has 3 aromatic rings. The van der Waals surface area contributed by atoms with Crippen molar-refractivity contribution in [1.29, 1.82) is 0 Å². The molecule has 1 fully saturated rings. The summed E-state index contributed by atoms with van der Waals surface area (Å²) >= 11 is 2.63. The molecular formula is C19H18FN3O2S2. The number of fused-ring (bicyclic) bond motifs is 1. The van der Waals surface area contributed by atoms with Crippen molar-refractivity contribution in [3.63, 3.8) is 0 Å². The summed E-state index contributed by atoms with van der Waals surface area (Å²) in [6, 6.07) is 6.16. The van der Waals surface area contributed by atoms with Gasteiger partial charge in [0.25, 0.3) is 0 Å². The highest BCUT2D eigenvalue weighted by Gasteiger charge is 2.19. The molecule has 2 heterocycles. The molecule has 1 aliphatic carbocycles. The topological polar surface area (TPSA) is 65.0 Å². The van der Waals surface area contributed by atoms with Crippen LogP contribution in [0.1, 0.15) is 32.1 Å². The Morgan fingerprint density at radius 3 is 2.74 bits per heavy atom. The second kappa shape index (κ2) is 8.31. The van der Waals surface area contributed by atoms with E-state index in [-0.39, 0.29) is 23.6 Å². The van der Waals surface area contributed by atoms with Crippen LogP contribution >= 0.6 is 23.3 Å². The molecule has 27 heavy (non-hydrogen) atoms. The highest BCUT2D eigenvalue weighted by Crippen LogP contribution is 2.34. The number of nitrogens with zero attached hydrogens (tertiary/aromatic N) is 3. The largest absolute Gasteiger partial charge is 0.462 e. The van der Waals surface area contributed by atoms with Crippen LogP contribution in [0.15, 0.2) is 35.6 Å². The molecule has 1 saturated carbocycles. The molecule has 0 spiro atoms. The van der Waals surface area contributed by atoms with E-state index in [1.807, 2.05) is 0 Å². The Hall–Kier alpha value is -2.06. The van der Waals surface area contributed by atoms with Crippen molar-refractivity contribution < 1.29 is 13.9 Å². The van der Waals surface area contributed by atoms with Gasteiger partial charge in [0.1, 0.15) is 39.2 Å². The van der Waals surface area contributed by atoms with Gasteiger partial charge in [0.05, 0.1) is 5.75 Å². The van der Waals surface area contributed by atoms with E-state index >= 15 is 0 Å². The number of aromatic nitrogens is 3. The first kappa shape index (κ1) is 18.3. The third-order valence-corrected chi connectivity index (χ3v) is 6.45. The number of carbonyl (C=O) groups excluding carboxylic acids is 1. The molecule has 0 bridgehead atoms. The molecule has 1 aromatic carbocycles. The van der Waals surface area contributed by atoms with E-state index in [2.05, 4.69) is 14.3 Å². The number of hydrogen-bond acceptors (Lipinski definition) is 7. The molecule has 5 nitrogen and oxygen atoms in total. The minimum Gasteiger partial charge on any atom is -0.462 e. The molecule has 2 aromatic heterocycles. The van der Waals surface area contributed by atoms with Crippen LogP contribution in [0.4, 0.5) is 4.39 Å². The molecule has 0 N–H and O–H groups in total. The lowest BCUT2D eigenvalue weighted by molar-refractivity contribution is -0.147. The maximum atomic E-state index is 13.2. The Kier molecular flexibility index (Phi) is 5.63. The summed E-state index contributed by atoms with van der Waals surface area (Å²) < 4.78 is 24.0. The molecular weight excluding hydrogens is 385 g/mol. The van der Waals surface area contributed by atoms with E-state index < -0.39 is 0 Å². The van der Waals surface area contributed by atoms with Gasteiger partial charge >= 0.3 is 5.97 Å². The summed E-state index contributed by atoms with van der Waals surface area (Å²) in [7, 11) is 0. The number of rotatable bonds is 5. The fourth-order valence-electron chi connectivity index (χ4n) is 3.17. The third-order valence-electron chi connectivity index (χ3n) is 4.52. The number of halogens is 1. The first-order valence-electron chi connectivity index (χ1n) is 8.89. The standard InChI is InChI=1S/C19H18FN3O2S2/c20-13-8-6-12(7-9-13)16-17-18(27-23-16)19(22-11-21-17)26-10-15(24)25-14-4-2-1-3-5-14/h6-9,11,14H,1-5,10H2. The van der Waals surface area contributed by atoms with Gasteiger partial charge in [-0.2, -0.15) is 4.37 Å². The summed E-state index contributed by atoms with van der Waals surface area (Å²) in [5.41, 5.74) is 2.21. The second-order valence-electron chi connectivity index (χ2n) is 6.43. The molecule has 1 aliphatic rings. The minimum absolute atomic E-state index is 0.0609.